The number of rotatable bonds is 8. The third kappa shape index (κ3) is 5.49. The number of para-hydroxylation sites is 1. The lowest BCUT2D eigenvalue weighted by molar-refractivity contribution is 0.0644. The first-order valence-corrected chi connectivity index (χ1v) is 6.08. The first-order chi connectivity index (χ1) is 7.84. The molecular weight excluding hydrogens is 272 g/mol. The van der Waals surface area contributed by atoms with Crippen LogP contribution in [0.1, 0.15) is 6.42 Å². The number of halogens is 1. The second kappa shape index (κ2) is 8.56. The molecule has 1 rings (SSSR count). The largest absolute Gasteiger partial charge is 0.492 e. The minimum atomic E-state index is 0.644. The zero-order chi connectivity index (χ0) is 11.6. The summed E-state index contributed by atoms with van der Waals surface area (Å²) in [5.74, 6) is 0.874. The topological polar surface area (TPSA) is 27.7 Å². The number of benzene rings is 1. The minimum Gasteiger partial charge on any atom is -0.492 e. The molecule has 0 aliphatic rings. The summed E-state index contributed by atoms with van der Waals surface area (Å²) < 4.78 is 16.8. The molecule has 4 heteroatoms. The highest BCUT2D eigenvalue weighted by molar-refractivity contribution is 9.10. The summed E-state index contributed by atoms with van der Waals surface area (Å²) in [5.41, 5.74) is 0. The molecule has 0 unspecified atom stereocenters. The van der Waals surface area contributed by atoms with E-state index in [2.05, 4.69) is 15.9 Å². The molecule has 3 nitrogen and oxygen atoms in total. The van der Waals surface area contributed by atoms with E-state index in [9.17, 15) is 0 Å². The molecule has 1 aromatic rings. The van der Waals surface area contributed by atoms with Gasteiger partial charge in [0.25, 0.3) is 0 Å². The molecule has 0 saturated carbocycles. The van der Waals surface area contributed by atoms with Crippen molar-refractivity contribution >= 4 is 15.9 Å². The summed E-state index contributed by atoms with van der Waals surface area (Å²) in [6.07, 6.45) is 0.880. The van der Waals surface area contributed by atoms with Gasteiger partial charge in [-0.05, 0) is 28.1 Å². The van der Waals surface area contributed by atoms with Gasteiger partial charge in [0.15, 0.2) is 0 Å². The highest BCUT2D eigenvalue weighted by Crippen LogP contribution is 2.23. The SMILES string of the molecule is COCCOCCCOc1ccccc1Br. The van der Waals surface area contributed by atoms with Crippen LogP contribution in [0.2, 0.25) is 0 Å². The highest BCUT2D eigenvalue weighted by Gasteiger charge is 1.98. The zero-order valence-corrected chi connectivity index (χ0v) is 11.0. The Morgan fingerprint density at radius 1 is 1.06 bits per heavy atom. The van der Waals surface area contributed by atoms with Crippen molar-refractivity contribution in [1.82, 2.24) is 0 Å². The van der Waals surface area contributed by atoms with Gasteiger partial charge in [0, 0.05) is 20.1 Å². The van der Waals surface area contributed by atoms with Crippen molar-refractivity contribution in [3.8, 4) is 5.75 Å². The van der Waals surface area contributed by atoms with Crippen LogP contribution in [0.4, 0.5) is 0 Å². The van der Waals surface area contributed by atoms with Crippen LogP contribution in [0, 0.1) is 0 Å². The molecule has 0 atom stereocenters. The van der Waals surface area contributed by atoms with Gasteiger partial charge in [-0.15, -0.1) is 0 Å². The molecule has 0 fully saturated rings. The Kier molecular flexibility index (Phi) is 7.21. The Morgan fingerprint density at radius 2 is 1.88 bits per heavy atom. The quantitative estimate of drug-likeness (QED) is 0.689. The molecule has 0 aliphatic heterocycles. The highest BCUT2D eigenvalue weighted by atomic mass is 79.9. The summed E-state index contributed by atoms with van der Waals surface area (Å²) in [6.45, 7) is 2.65. The van der Waals surface area contributed by atoms with Gasteiger partial charge in [0.2, 0.25) is 0 Å². The van der Waals surface area contributed by atoms with Gasteiger partial charge in [-0.1, -0.05) is 12.1 Å². The monoisotopic (exact) mass is 288 g/mol. The number of ether oxygens (including phenoxy) is 3. The fourth-order valence-corrected chi connectivity index (χ4v) is 1.55. The van der Waals surface area contributed by atoms with E-state index in [1.807, 2.05) is 24.3 Å². The van der Waals surface area contributed by atoms with E-state index < -0.39 is 0 Å². The third-order valence-corrected chi connectivity index (χ3v) is 2.61. The lowest BCUT2D eigenvalue weighted by Crippen LogP contribution is -2.06. The zero-order valence-electron chi connectivity index (χ0n) is 9.45. The van der Waals surface area contributed by atoms with Crippen LogP contribution < -0.4 is 4.74 Å². The van der Waals surface area contributed by atoms with Crippen LogP contribution in [-0.4, -0.2) is 33.5 Å². The Hall–Kier alpha value is -0.580. The molecule has 0 aromatic heterocycles. The van der Waals surface area contributed by atoms with Crippen molar-refractivity contribution in [3.63, 3.8) is 0 Å². The van der Waals surface area contributed by atoms with Crippen LogP contribution >= 0.6 is 15.9 Å². The van der Waals surface area contributed by atoms with Crippen LogP contribution in [0.25, 0.3) is 0 Å². The lowest BCUT2D eigenvalue weighted by atomic mass is 10.3. The van der Waals surface area contributed by atoms with E-state index in [4.69, 9.17) is 14.2 Å². The molecule has 0 radical (unpaired) electrons. The van der Waals surface area contributed by atoms with Gasteiger partial charge in [-0.3, -0.25) is 0 Å². The molecule has 0 bridgehead atoms. The fourth-order valence-electron chi connectivity index (χ4n) is 1.15. The fraction of sp³-hybridized carbons (Fsp3) is 0.500. The number of hydrogen-bond donors (Lipinski definition) is 0. The van der Waals surface area contributed by atoms with Gasteiger partial charge in [0.05, 0.1) is 24.3 Å². The lowest BCUT2D eigenvalue weighted by Gasteiger charge is -2.08. The summed E-state index contributed by atoms with van der Waals surface area (Å²) in [6, 6.07) is 7.82. The summed E-state index contributed by atoms with van der Waals surface area (Å²) in [5, 5.41) is 0. The predicted molar refractivity (Wildman–Crippen MR) is 66.9 cm³/mol. The molecule has 1 aromatic carbocycles. The van der Waals surface area contributed by atoms with Crippen LogP contribution in [0.3, 0.4) is 0 Å². The van der Waals surface area contributed by atoms with E-state index in [0.29, 0.717) is 26.4 Å². The van der Waals surface area contributed by atoms with Crippen LogP contribution in [-0.2, 0) is 9.47 Å². The van der Waals surface area contributed by atoms with Gasteiger partial charge in [0.1, 0.15) is 5.75 Å². The van der Waals surface area contributed by atoms with E-state index >= 15 is 0 Å². The van der Waals surface area contributed by atoms with E-state index in [0.717, 1.165) is 16.6 Å². The molecular formula is C12H17BrO3. The Morgan fingerprint density at radius 3 is 2.62 bits per heavy atom. The predicted octanol–water partition coefficient (Wildman–Crippen LogP) is 2.88. The van der Waals surface area contributed by atoms with Crippen molar-refractivity contribution in [1.29, 1.82) is 0 Å². The maximum absolute atomic E-state index is 5.59. The first-order valence-electron chi connectivity index (χ1n) is 5.28. The summed E-state index contributed by atoms with van der Waals surface area (Å²) in [4.78, 5) is 0. The van der Waals surface area contributed by atoms with E-state index in [-0.39, 0.29) is 0 Å². The molecule has 0 N–H and O–H groups in total. The van der Waals surface area contributed by atoms with E-state index in [1.165, 1.54) is 0 Å². The Labute approximate surface area is 105 Å². The summed E-state index contributed by atoms with van der Waals surface area (Å²) >= 11 is 3.43. The van der Waals surface area contributed by atoms with Crippen molar-refractivity contribution < 1.29 is 14.2 Å². The smallest absolute Gasteiger partial charge is 0.133 e. The Bertz CT molecular complexity index is 291. The normalized spacial score (nSPS) is 10.4. The van der Waals surface area contributed by atoms with Crippen LogP contribution in [0.5, 0.6) is 5.75 Å². The first kappa shape index (κ1) is 13.5. The second-order valence-electron chi connectivity index (χ2n) is 3.24. The standard InChI is InChI=1S/C12H17BrO3/c1-14-9-10-15-7-4-8-16-12-6-3-2-5-11(12)13/h2-3,5-6H,4,7-10H2,1H3. The van der Waals surface area contributed by atoms with Crippen molar-refractivity contribution in [3.05, 3.63) is 28.7 Å². The molecule has 0 aliphatic carbocycles. The average molecular weight is 289 g/mol. The van der Waals surface area contributed by atoms with Crippen LogP contribution in [0.15, 0.2) is 28.7 Å². The Balaban J connectivity index is 2.05. The van der Waals surface area contributed by atoms with Crippen molar-refractivity contribution in [2.45, 2.75) is 6.42 Å². The van der Waals surface area contributed by atoms with E-state index in [1.54, 1.807) is 7.11 Å². The second-order valence-corrected chi connectivity index (χ2v) is 4.09. The molecule has 90 valence electrons. The third-order valence-electron chi connectivity index (χ3n) is 1.96. The van der Waals surface area contributed by atoms with Crippen molar-refractivity contribution in [2.24, 2.45) is 0 Å². The minimum absolute atomic E-state index is 0.644. The number of hydrogen-bond acceptors (Lipinski definition) is 3. The summed E-state index contributed by atoms with van der Waals surface area (Å²) in [7, 11) is 1.67. The molecule has 0 heterocycles. The molecule has 0 saturated heterocycles. The van der Waals surface area contributed by atoms with Crippen molar-refractivity contribution in [2.75, 3.05) is 33.5 Å². The van der Waals surface area contributed by atoms with Gasteiger partial charge in [-0.25, -0.2) is 0 Å². The maximum Gasteiger partial charge on any atom is 0.133 e. The van der Waals surface area contributed by atoms with Gasteiger partial charge in [-0.2, -0.15) is 0 Å². The molecule has 16 heavy (non-hydrogen) atoms. The van der Waals surface area contributed by atoms with Gasteiger partial charge < -0.3 is 14.2 Å². The van der Waals surface area contributed by atoms with Gasteiger partial charge >= 0.3 is 0 Å². The average Bonchev–Trinajstić information content (AvgIpc) is 2.30. The molecule has 0 spiro atoms. The maximum atomic E-state index is 5.59. The molecule has 0 amide bonds. The number of methoxy groups -OCH3 is 1.